The molecule has 0 aliphatic heterocycles. The summed E-state index contributed by atoms with van der Waals surface area (Å²) >= 11 is 0. The van der Waals surface area contributed by atoms with Crippen LogP contribution in [0.25, 0.3) is 0 Å². The molecule has 0 fully saturated rings. The van der Waals surface area contributed by atoms with Crippen LogP contribution in [0.1, 0.15) is 21.5 Å². The van der Waals surface area contributed by atoms with Crippen molar-refractivity contribution in [2.75, 3.05) is 6.61 Å². The lowest BCUT2D eigenvalue weighted by Crippen LogP contribution is -2.04. The monoisotopic (exact) mass is 240 g/mol. The molecule has 0 unspecified atom stereocenters. The Balaban J connectivity index is 1.97. The Morgan fingerprint density at radius 2 is 1.39 bits per heavy atom. The number of Topliss-reactive ketones (excluding diaryl/α,β-unsaturated/α-hetero) is 1. The van der Waals surface area contributed by atoms with Crippen molar-refractivity contribution in [1.29, 1.82) is 0 Å². The zero-order valence-corrected chi connectivity index (χ0v) is 10.2. The SMILES string of the molecule is O=C(CO)c1ccc(CCc2ccccc2)cc1. The molecular formula is C16H16O2. The van der Waals surface area contributed by atoms with Gasteiger partial charge >= 0.3 is 0 Å². The Bertz CT molecular complexity index is 500. The molecule has 2 aromatic rings. The molecule has 18 heavy (non-hydrogen) atoms. The van der Waals surface area contributed by atoms with Crippen LogP contribution in [-0.2, 0) is 12.8 Å². The summed E-state index contributed by atoms with van der Waals surface area (Å²) in [5.41, 5.74) is 3.09. The smallest absolute Gasteiger partial charge is 0.188 e. The molecule has 0 bridgehead atoms. The van der Waals surface area contributed by atoms with Gasteiger partial charge in [-0.25, -0.2) is 0 Å². The van der Waals surface area contributed by atoms with Crippen LogP contribution in [0.15, 0.2) is 54.6 Å². The summed E-state index contributed by atoms with van der Waals surface area (Å²) in [6.45, 7) is -0.427. The van der Waals surface area contributed by atoms with E-state index in [0.29, 0.717) is 5.56 Å². The first kappa shape index (κ1) is 12.5. The van der Waals surface area contributed by atoms with E-state index in [1.165, 1.54) is 11.1 Å². The highest BCUT2D eigenvalue weighted by Gasteiger charge is 2.03. The van der Waals surface area contributed by atoms with Gasteiger partial charge in [0.1, 0.15) is 6.61 Å². The van der Waals surface area contributed by atoms with Crippen LogP contribution in [0.2, 0.25) is 0 Å². The van der Waals surface area contributed by atoms with Crippen molar-refractivity contribution >= 4 is 5.78 Å². The number of hydrogen-bond donors (Lipinski definition) is 1. The van der Waals surface area contributed by atoms with Gasteiger partial charge in [0.15, 0.2) is 5.78 Å². The normalized spacial score (nSPS) is 10.3. The number of aryl methyl sites for hydroxylation is 2. The number of rotatable bonds is 5. The van der Waals surface area contributed by atoms with E-state index in [4.69, 9.17) is 5.11 Å². The topological polar surface area (TPSA) is 37.3 Å². The summed E-state index contributed by atoms with van der Waals surface area (Å²) < 4.78 is 0. The fourth-order valence-electron chi connectivity index (χ4n) is 1.88. The van der Waals surface area contributed by atoms with E-state index in [-0.39, 0.29) is 5.78 Å². The summed E-state index contributed by atoms with van der Waals surface area (Å²) in [5.74, 6) is -0.232. The van der Waals surface area contributed by atoms with E-state index in [2.05, 4.69) is 12.1 Å². The summed E-state index contributed by atoms with van der Waals surface area (Å²) in [7, 11) is 0. The highest BCUT2D eigenvalue weighted by molar-refractivity contribution is 5.96. The fraction of sp³-hybridized carbons (Fsp3) is 0.188. The Hall–Kier alpha value is -1.93. The Morgan fingerprint density at radius 3 is 1.94 bits per heavy atom. The lowest BCUT2D eigenvalue weighted by molar-refractivity contribution is 0.0904. The summed E-state index contributed by atoms with van der Waals surface area (Å²) in [6.07, 6.45) is 1.95. The number of carbonyl (C=O) groups is 1. The van der Waals surface area contributed by atoms with Crippen molar-refractivity contribution in [2.45, 2.75) is 12.8 Å². The second-order valence-electron chi connectivity index (χ2n) is 4.26. The molecule has 2 rings (SSSR count). The molecule has 2 aromatic carbocycles. The van der Waals surface area contributed by atoms with Gasteiger partial charge in [0.25, 0.3) is 0 Å². The van der Waals surface area contributed by atoms with E-state index in [0.717, 1.165) is 12.8 Å². The number of aliphatic hydroxyl groups excluding tert-OH is 1. The minimum atomic E-state index is -0.427. The molecule has 2 nitrogen and oxygen atoms in total. The van der Waals surface area contributed by atoms with E-state index < -0.39 is 6.61 Å². The molecular weight excluding hydrogens is 224 g/mol. The predicted molar refractivity (Wildman–Crippen MR) is 71.7 cm³/mol. The first-order valence-electron chi connectivity index (χ1n) is 6.06. The second kappa shape index (κ2) is 6.12. The van der Waals surface area contributed by atoms with Crippen molar-refractivity contribution in [3.63, 3.8) is 0 Å². The van der Waals surface area contributed by atoms with Gasteiger partial charge in [-0.1, -0.05) is 54.6 Å². The van der Waals surface area contributed by atoms with Crippen molar-refractivity contribution in [3.05, 3.63) is 71.3 Å². The van der Waals surface area contributed by atoms with E-state index in [1.807, 2.05) is 30.3 Å². The lowest BCUT2D eigenvalue weighted by atomic mass is 10.0. The largest absolute Gasteiger partial charge is 0.388 e. The average molecular weight is 240 g/mol. The maximum Gasteiger partial charge on any atom is 0.188 e. The van der Waals surface area contributed by atoms with Crippen molar-refractivity contribution in [2.24, 2.45) is 0 Å². The Morgan fingerprint density at radius 1 is 0.833 bits per heavy atom. The predicted octanol–water partition coefficient (Wildman–Crippen LogP) is 2.65. The van der Waals surface area contributed by atoms with Crippen molar-refractivity contribution in [1.82, 2.24) is 0 Å². The van der Waals surface area contributed by atoms with Gasteiger partial charge in [-0.3, -0.25) is 4.79 Å². The van der Waals surface area contributed by atoms with E-state index >= 15 is 0 Å². The van der Waals surface area contributed by atoms with Gasteiger partial charge in [-0.2, -0.15) is 0 Å². The second-order valence-corrected chi connectivity index (χ2v) is 4.26. The molecule has 0 atom stereocenters. The van der Waals surface area contributed by atoms with Crippen LogP contribution in [0.5, 0.6) is 0 Å². The molecule has 92 valence electrons. The van der Waals surface area contributed by atoms with Gasteiger partial charge in [-0.05, 0) is 24.0 Å². The van der Waals surface area contributed by atoms with E-state index in [1.54, 1.807) is 12.1 Å². The van der Waals surface area contributed by atoms with Crippen LogP contribution >= 0.6 is 0 Å². The van der Waals surface area contributed by atoms with Crippen LogP contribution in [0, 0.1) is 0 Å². The number of aliphatic hydroxyl groups is 1. The van der Waals surface area contributed by atoms with Crippen LogP contribution in [0.3, 0.4) is 0 Å². The van der Waals surface area contributed by atoms with Gasteiger partial charge in [0.05, 0.1) is 0 Å². The highest BCUT2D eigenvalue weighted by atomic mass is 16.3. The summed E-state index contributed by atoms with van der Waals surface area (Å²) in [5, 5.41) is 8.76. The zero-order chi connectivity index (χ0) is 12.8. The third-order valence-corrected chi connectivity index (χ3v) is 2.96. The molecule has 0 spiro atoms. The van der Waals surface area contributed by atoms with Crippen LogP contribution < -0.4 is 0 Å². The first-order valence-corrected chi connectivity index (χ1v) is 6.06. The fourth-order valence-corrected chi connectivity index (χ4v) is 1.88. The third-order valence-electron chi connectivity index (χ3n) is 2.96. The molecule has 0 saturated carbocycles. The number of ketones is 1. The van der Waals surface area contributed by atoms with Gasteiger partial charge < -0.3 is 5.11 Å². The molecule has 0 saturated heterocycles. The number of carbonyl (C=O) groups excluding carboxylic acids is 1. The molecule has 0 amide bonds. The Labute approximate surface area is 107 Å². The number of hydrogen-bond acceptors (Lipinski definition) is 2. The minimum absolute atomic E-state index is 0.232. The highest BCUT2D eigenvalue weighted by Crippen LogP contribution is 2.09. The minimum Gasteiger partial charge on any atom is -0.388 e. The van der Waals surface area contributed by atoms with E-state index in [9.17, 15) is 4.79 Å². The molecule has 1 N–H and O–H groups in total. The molecule has 0 aromatic heterocycles. The zero-order valence-electron chi connectivity index (χ0n) is 10.2. The molecule has 0 radical (unpaired) electrons. The third kappa shape index (κ3) is 3.28. The maximum absolute atomic E-state index is 11.3. The molecule has 0 aliphatic rings. The first-order chi connectivity index (χ1) is 8.79. The molecule has 0 aliphatic carbocycles. The summed E-state index contributed by atoms with van der Waals surface area (Å²) in [6, 6.07) is 17.8. The van der Waals surface area contributed by atoms with Crippen molar-refractivity contribution in [3.8, 4) is 0 Å². The quantitative estimate of drug-likeness (QED) is 0.816. The standard InChI is InChI=1S/C16H16O2/c17-12-16(18)15-10-8-14(9-11-15)7-6-13-4-2-1-3-5-13/h1-5,8-11,17H,6-7,12H2. The average Bonchev–Trinajstić information content (AvgIpc) is 2.46. The van der Waals surface area contributed by atoms with Gasteiger partial charge in [-0.15, -0.1) is 0 Å². The molecule has 2 heteroatoms. The summed E-state index contributed by atoms with van der Waals surface area (Å²) in [4.78, 5) is 11.3. The van der Waals surface area contributed by atoms with Gasteiger partial charge in [0.2, 0.25) is 0 Å². The number of benzene rings is 2. The Kier molecular flexibility index (Phi) is 4.26. The van der Waals surface area contributed by atoms with Gasteiger partial charge in [0, 0.05) is 5.56 Å². The van der Waals surface area contributed by atoms with Crippen molar-refractivity contribution < 1.29 is 9.90 Å². The van der Waals surface area contributed by atoms with Crippen LogP contribution in [0.4, 0.5) is 0 Å². The lowest BCUT2D eigenvalue weighted by Gasteiger charge is -2.03. The maximum atomic E-state index is 11.3. The van der Waals surface area contributed by atoms with Crippen LogP contribution in [-0.4, -0.2) is 17.5 Å². The molecule has 0 heterocycles.